The van der Waals surface area contributed by atoms with Crippen molar-refractivity contribution in [3.05, 3.63) is 59.4 Å². The summed E-state index contributed by atoms with van der Waals surface area (Å²) in [6, 6.07) is 10.0. The van der Waals surface area contributed by atoms with Crippen LogP contribution in [0.25, 0.3) is 0 Å². The van der Waals surface area contributed by atoms with Gasteiger partial charge in [0.05, 0.1) is 4.90 Å². The van der Waals surface area contributed by atoms with Crippen LogP contribution < -0.4 is 20.9 Å². The number of nitrogens with one attached hydrogen (secondary N) is 4. The molecule has 1 amide bonds. The Kier molecular flexibility index (Phi) is 5.77. The molecule has 160 valence electrons. The Bertz CT molecular complexity index is 1040. The van der Waals surface area contributed by atoms with Crippen molar-refractivity contribution in [1.29, 1.82) is 0 Å². The van der Waals surface area contributed by atoms with Crippen LogP contribution in [-0.2, 0) is 10.0 Å². The number of rotatable bonds is 5. The monoisotopic (exact) mass is 432 g/mol. The van der Waals surface area contributed by atoms with E-state index in [2.05, 4.69) is 20.9 Å². The van der Waals surface area contributed by atoms with Crippen LogP contribution in [0.3, 0.4) is 0 Å². The summed E-state index contributed by atoms with van der Waals surface area (Å²) in [5, 5.41) is 3.07. The number of amides is 1. The number of carbonyl (C=O) groups is 1. The largest absolute Gasteiger partial charge is 0.349 e. The Morgan fingerprint density at radius 1 is 1.13 bits per heavy atom. The summed E-state index contributed by atoms with van der Waals surface area (Å²) in [5.74, 6) is -0.240. The maximum atomic E-state index is 13.1. The number of carbonyl (C=O) groups excluding carboxylic acids is 1. The molecule has 3 unspecified atom stereocenters. The Labute approximate surface area is 175 Å². The zero-order chi connectivity index (χ0) is 21.3. The fourth-order valence-corrected chi connectivity index (χ4v) is 5.22. The van der Waals surface area contributed by atoms with E-state index in [1.165, 1.54) is 36.4 Å². The molecule has 1 saturated carbocycles. The summed E-state index contributed by atoms with van der Waals surface area (Å²) in [6.07, 6.45) is 2.75. The fraction of sp³-hybridized carbons (Fsp3) is 0.381. The molecule has 2 fully saturated rings. The summed E-state index contributed by atoms with van der Waals surface area (Å²) in [4.78, 5) is 12.9. The topological polar surface area (TPSA) is 99.3 Å². The van der Waals surface area contributed by atoms with Gasteiger partial charge in [-0.3, -0.25) is 20.4 Å². The highest BCUT2D eigenvalue weighted by atomic mass is 32.2. The van der Waals surface area contributed by atoms with Crippen molar-refractivity contribution in [3.63, 3.8) is 0 Å². The number of benzene rings is 2. The van der Waals surface area contributed by atoms with Crippen molar-refractivity contribution in [2.45, 2.75) is 43.2 Å². The third-order valence-electron chi connectivity index (χ3n) is 5.83. The van der Waals surface area contributed by atoms with Crippen molar-refractivity contribution in [1.82, 2.24) is 16.2 Å². The first-order valence-electron chi connectivity index (χ1n) is 10.00. The zero-order valence-electron chi connectivity index (χ0n) is 16.6. The molecule has 0 bridgehead atoms. The van der Waals surface area contributed by atoms with Crippen LogP contribution in [0, 0.1) is 18.7 Å². The lowest BCUT2D eigenvalue weighted by Gasteiger charge is -2.31. The third-order valence-corrected chi connectivity index (χ3v) is 7.21. The van der Waals surface area contributed by atoms with Crippen LogP contribution in [0.5, 0.6) is 0 Å². The van der Waals surface area contributed by atoms with E-state index in [9.17, 15) is 17.6 Å². The molecule has 30 heavy (non-hydrogen) atoms. The van der Waals surface area contributed by atoms with E-state index in [1.54, 1.807) is 13.0 Å². The predicted octanol–water partition coefficient (Wildman–Crippen LogP) is 2.31. The van der Waals surface area contributed by atoms with Crippen molar-refractivity contribution >= 4 is 21.6 Å². The van der Waals surface area contributed by atoms with Crippen LogP contribution in [0.15, 0.2) is 47.4 Å². The molecular weight excluding hydrogens is 407 g/mol. The van der Waals surface area contributed by atoms with Gasteiger partial charge in [0.2, 0.25) is 0 Å². The van der Waals surface area contributed by atoms with E-state index >= 15 is 0 Å². The number of hydrogen-bond donors (Lipinski definition) is 4. The third kappa shape index (κ3) is 4.48. The van der Waals surface area contributed by atoms with Gasteiger partial charge in [-0.2, -0.15) is 0 Å². The number of fused-ring (bicyclic) bond motifs is 1. The van der Waals surface area contributed by atoms with Gasteiger partial charge in [0.15, 0.2) is 0 Å². The van der Waals surface area contributed by atoms with Crippen LogP contribution in [0.4, 0.5) is 10.1 Å². The van der Waals surface area contributed by atoms with Crippen LogP contribution in [-0.4, -0.2) is 33.0 Å². The van der Waals surface area contributed by atoms with Gasteiger partial charge in [-0.1, -0.05) is 6.07 Å². The molecule has 3 atom stereocenters. The molecule has 4 N–H and O–H groups in total. The van der Waals surface area contributed by atoms with Crippen LogP contribution >= 0.6 is 0 Å². The molecule has 4 rings (SSSR count). The van der Waals surface area contributed by atoms with E-state index in [4.69, 9.17) is 0 Å². The Morgan fingerprint density at radius 2 is 1.90 bits per heavy atom. The van der Waals surface area contributed by atoms with E-state index in [-0.39, 0.29) is 22.5 Å². The molecule has 7 nitrogen and oxygen atoms in total. The first-order chi connectivity index (χ1) is 14.3. The van der Waals surface area contributed by atoms with E-state index in [1.807, 2.05) is 0 Å². The normalized spacial score (nSPS) is 23.6. The van der Waals surface area contributed by atoms with Gasteiger partial charge < -0.3 is 5.32 Å². The minimum absolute atomic E-state index is 0.0181. The average Bonchev–Trinajstić information content (AvgIpc) is 3.17. The molecule has 0 spiro atoms. The van der Waals surface area contributed by atoms with Gasteiger partial charge in [0.1, 0.15) is 5.82 Å². The Morgan fingerprint density at radius 3 is 2.67 bits per heavy atom. The number of aryl methyl sites for hydroxylation is 1. The summed E-state index contributed by atoms with van der Waals surface area (Å²) in [7, 11) is -3.91. The highest BCUT2D eigenvalue weighted by Gasteiger charge is 2.34. The standard InChI is InChI=1S/C21H25FN4O3S/c1-13-2-8-18(30(28,29)26-16-5-3-15(22)4-6-16)11-19(13)21(27)24-17-7-9-20-14(10-17)12-23-25-20/h2-6,8,11,14,17,20,23,25-26H,7,9-10,12H2,1H3,(H,24,27). The SMILES string of the molecule is Cc1ccc(S(=O)(=O)Nc2ccc(F)cc2)cc1C(=O)NC1CCC2NNCC2C1. The molecule has 0 radical (unpaired) electrons. The van der Waals surface area contributed by atoms with Crippen molar-refractivity contribution < 1.29 is 17.6 Å². The van der Waals surface area contributed by atoms with Gasteiger partial charge in [-0.15, -0.1) is 0 Å². The molecule has 1 heterocycles. The molecular formula is C21H25FN4O3S. The Balaban J connectivity index is 1.49. The van der Waals surface area contributed by atoms with Crippen molar-refractivity contribution in [2.24, 2.45) is 5.92 Å². The second-order valence-corrected chi connectivity index (χ2v) is 9.65. The van der Waals surface area contributed by atoms with Gasteiger partial charge >= 0.3 is 0 Å². The number of halogens is 1. The van der Waals surface area contributed by atoms with Gasteiger partial charge in [0, 0.05) is 29.9 Å². The molecule has 2 aromatic rings. The summed E-state index contributed by atoms with van der Waals surface area (Å²) < 4.78 is 41.0. The minimum Gasteiger partial charge on any atom is -0.349 e. The second kappa shape index (κ2) is 8.33. The molecule has 9 heteroatoms. The highest BCUT2D eigenvalue weighted by molar-refractivity contribution is 7.92. The summed E-state index contributed by atoms with van der Waals surface area (Å²) in [5.41, 5.74) is 7.72. The number of hydrogen-bond acceptors (Lipinski definition) is 5. The van der Waals surface area contributed by atoms with E-state index in [0.717, 1.165) is 25.8 Å². The Hall–Kier alpha value is -2.49. The lowest BCUT2D eigenvalue weighted by molar-refractivity contribution is 0.0917. The zero-order valence-corrected chi connectivity index (χ0v) is 17.4. The van der Waals surface area contributed by atoms with Crippen LogP contribution in [0.2, 0.25) is 0 Å². The lowest BCUT2D eigenvalue weighted by Crippen LogP contribution is -2.44. The van der Waals surface area contributed by atoms with Gasteiger partial charge in [-0.25, -0.2) is 12.8 Å². The quantitative estimate of drug-likeness (QED) is 0.581. The maximum absolute atomic E-state index is 13.1. The van der Waals surface area contributed by atoms with Crippen LogP contribution in [0.1, 0.15) is 35.2 Å². The number of hydrazine groups is 1. The summed E-state index contributed by atoms with van der Waals surface area (Å²) in [6.45, 7) is 2.67. The van der Waals surface area contributed by atoms with Crippen molar-refractivity contribution in [2.75, 3.05) is 11.3 Å². The number of sulfonamides is 1. The molecule has 1 aliphatic heterocycles. The fourth-order valence-electron chi connectivity index (χ4n) is 4.14. The maximum Gasteiger partial charge on any atom is 0.261 e. The van der Waals surface area contributed by atoms with Gasteiger partial charge in [-0.05, 0) is 74.1 Å². The molecule has 1 aliphatic carbocycles. The molecule has 2 aliphatic rings. The number of anilines is 1. The average molecular weight is 433 g/mol. The smallest absolute Gasteiger partial charge is 0.261 e. The predicted molar refractivity (Wildman–Crippen MR) is 112 cm³/mol. The van der Waals surface area contributed by atoms with Crippen molar-refractivity contribution in [3.8, 4) is 0 Å². The first kappa shape index (κ1) is 20.8. The highest BCUT2D eigenvalue weighted by Crippen LogP contribution is 2.27. The summed E-state index contributed by atoms with van der Waals surface area (Å²) >= 11 is 0. The van der Waals surface area contributed by atoms with E-state index in [0.29, 0.717) is 23.1 Å². The first-order valence-corrected chi connectivity index (χ1v) is 11.5. The molecule has 2 aromatic carbocycles. The minimum atomic E-state index is -3.91. The van der Waals surface area contributed by atoms with E-state index < -0.39 is 15.8 Å². The second-order valence-electron chi connectivity index (χ2n) is 7.96. The molecule has 1 saturated heterocycles. The molecule has 0 aromatic heterocycles. The lowest BCUT2D eigenvalue weighted by atomic mass is 9.83. The van der Waals surface area contributed by atoms with Gasteiger partial charge in [0.25, 0.3) is 15.9 Å².